The molecule has 3 N–H and O–H groups in total. The van der Waals surface area contributed by atoms with E-state index in [9.17, 15) is 4.79 Å². The van der Waals surface area contributed by atoms with Gasteiger partial charge in [0.05, 0.1) is 5.69 Å². The van der Waals surface area contributed by atoms with E-state index in [1.165, 1.54) is 6.92 Å². The van der Waals surface area contributed by atoms with Crippen molar-refractivity contribution in [2.75, 3.05) is 5.32 Å². The Morgan fingerprint density at radius 1 is 1.50 bits per heavy atom. The summed E-state index contributed by atoms with van der Waals surface area (Å²) in [6.45, 7) is 3.96. The maximum absolute atomic E-state index is 11.0. The lowest BCUT2D eigenvalue weighted by atomic mass is 10.2. The molecule has 2 aromatic rings. The second kappa shape index (κ2) is 5.29. The molecule has 0 fully saturated rings. The van der Waals surface area contributed by atoms with Gasteiger partial charge in [0.25, 0.3) is 0 Å². The van der Waals surface area contributed by atoms with Gasteiger partial charge < -0.3 is 11.1 Å². The van der Waals surface area contributed by atoms with Gasteiger partial charge in [0, 0.05) is 29.6 Å². The van der Waals surface area contributed by atoms with E-state index in [0.29, 0.717) is 6.54 Å². The van der Waals surface area contributed by atoms with Gasteiger partial charge in [0.1, 0.15) is 5.01 Å². The molecule has 0 saturated heterocycles. The normalized spacial score (nSPS) is 10.4. The molecular weight excluding hydrogens is 246 g/mol. The Balaban J connectivity index is 2.34. The van der Waals surface area contributed by atoms with E-state index in [1.807, 2.05) is 31.2 Å². The number of rotatable bonds is 3. The van der Waals surface area contributed by atoms with Gasteiger partial charge in [0.15, 0.2) is 0 Å². The molecule has 5 heteroatoms. The molecule has 0 spiro atoms. The molecule has 1 heterocycles. The third-order valence-corrected chi connectivity index (χ3v) is 3.74. The van der Waals surface area contributed by atoms with E-state index < -0.39 is 0 Å². The number of anilines is 1. The molecule has 0 aliphatic rings. The average molecular weight is 261 g/mol. The minimum atomic E-state index is -0.0786. The molecule has 1 aromatic heterocycles. The van der Waals surface area contributed by atoms with Crippen molar-refractivity contribution in [1.82, 2.24) is 4.98 Å². The number of nitrogens with two attached hydrogens (primary N) is 1. The smallest absolute Gasteiger partial charge is 0.221 e. The first kappa shape index (κ1) is 12.7. The Morgan fingerprint density at radius 3 is 2.89 bits per heavy atom. The van der Waals surface area contributed by atoms with Gasteiger partial charge in [-0.2, -0.15) is 0 Å². The number of carbonyl (C=O) groups is 1. The number of nitrogens with one attached hydrogen (secondary N) is 1. The van der Waals surface area contributed by atoms with Gasteiger partial charge in [-0.25, -0.2) is 4.98 Å². The largest absolute Gasteiger partial charge is 0.326 e. The number of carbonyl (C=O) groups excluding carboxylic acids is 1. The maximum Gasteiger partial charge on any atom is 0.221 e. The topological polar surface area (TPSA) is 68.0 Å². The highest BCUT2D eigenvalue weighted by atomic mass is 32.1. The van der Waals surface area contributed by atoms with Crippen LogP contribution >= 0.6 is 11.3 Å². The lowest BCUT2D eigenvalue weighted by molar-refractivity contribution is -0.114. The Kier molecular flexibility index (Phi) is 3.74. The van der Waals surface area contributed by atoms with Crippen LogP contribution in [0.3, 0.4) is 0 Å². The van der Waals surface area contributed by atoms with E-state index >= 15 is 0 Å². The van der Waals surface area contributed by atoms with Crippen LogP contribution < -0.4 is 11.1 Å². The van der Waals surface area contributed by atoms with E-state index in [-0.39, 0.29) is 5.91 Å². The zero-order valence-corrected chi connectivity index (χ0v) is 11.2. The van der Waals surface area contributed by atoms with E-state index in [1.54, 1.807) is 11.3 Å². The van der Waals surface area contributed by atoms with Crippen LogP contribution in [0.4, 0.5) is 5.69 Å². The fourth-order valence-electron chi connectivity index (χ4n) is 1.67. The Morgan fingerprint density at radius 2 is 2.28 bits per heavy atom. The van der Waals surface area contributed by atoms with Gasteiger partial charge in [-0.15, -0.1) is 11.3 Å². The highest BCUT2D eigenvalue weighted by Gasteiger charge is 2.08. The Labute approximate surface area is 110 Å². The number of amides is 1. The van der Waals surface area contributed by atoms with Gasteiger partial charge >= 0.3 is 0 Å². The third-order valence-electron chi connectivity index (χ3n) is 2.51. The van der Waals surface area contributed by atoms with Crippen molar-refractivity contribution in [2.24, 2.45) is 5.73 Å². The fraction of sp³-hybridized carbons (Fsp3) is 0.231. The number of hydrogen-bond acceptors (Lipinski definition) is 4. The molecule has 0 saturated carbocycles. The molecule has 0 bridgehead atoms. The number of aryl methyl sites for hydroxylation is 1. The molecule has 94 valence electrons. The van der Waals surface area contributed by atoms with Crippen LogP contribution in [0.5, 0.6) is 0 Å². The van der Waals surface area contributed by atoms with Crippen LogP contribution in [-0.2, 0) is 11.3 Å². The first-order valence-corrected chi connectivity index (χ1v) is 6.46. The number of thiazole rings is 1. The van der Waals surface area contributed by atoms with Crippen molar-refractivity contribution in [1.29, 1.82) is 0 Å². The summed E-state index contributed by atoms with van der Waals surface area (Å²) in [5, 5.41) is 3.69. The molecular formula is C13H15N3OS. The Bertz CT molecular complexity index is 577. The van der Waals surface area contributed by atoms with Gasteiger partial charge in [-0.3, -0.25) is 4.79 Å². The fourth-order valence-corrected chi connectivity index (χ4v) is 2.61. The molecule has 1 amide bonds. The lowest BCUT2D eigenvalue weighted by Crippen LogP contribution is -2.05. The van der Waals surface area contributed by atoms with Crippen LogP contribution in [0.1, 0.15) is 17.5 Å². The molecule has 0 unspecified atom stereocenters. The van der Waals surface area contributed by atoms with Crippen molar-refractivity contribution >= 4 is 22.9 Å². The second-order valence-electron chi connectivity index (χ2n) is 3.99. The Hall–Kier alpha value is -1.72. The summed E-state index contributed by atoms with van der Waals surface area (Å²) < 4.78 is 0. The summed E-state index contributed by atoms with van der Waals surface area (Å²) in [6.07, 6.45) is 0. The maximum atomic E-state index is 11.0. The van der Waals surface area contributed by atoms with Gasteiger partial charge in [0.2, 0.25) is 5.91 Å². The summed E-state index contributed by atoms with van der Waals surface area (Å²) in [5.74, 6) is -0.0786. The molecule has 1 aromatic carbocycles. The average Bonchev–Trinajstić information content (AvgIpc) is 2.70. The summed E-state index contributed by atoms with van der Waals surface area (Å²) in [4.78, 5) is 16.6. The van der Waals surface area contributed by atoms with E-state index in [0.717, 1.165) is 26.8 Å². The predicted octanol–water partition coefficient (Wildman–Crippen LogP) is 2.54. The monoisotopic (exact) mass is 261 g/mol. The standard InChI is InChI=1S/C13H15N3OS/c1-8-12(7-14)18-13(15-8)10-4-3-5-11(6-10)16-9(2)17/h3-6H,7,14H2,1-2H3,(H,16,17). The van der Waals surface area contributed by atoms with Crippen molar-refractivity contribution in [3.8, 4) is 10.6 Å². The molecule has 0 radical (unpaired) electrons. The zero-order valence-electron chi connectivity index (χ0n) is 10.4. The minimum Gasteiger partial charge on any atom is -0.326 e. The molecule has 0 aliphatic heterocycles. The first-order chi connectivity index (χ1) is 8.60. The van der Waals surface area contributed by atoms with Crippen LogP contribution in [0.15, 0.2) is 24.3 Å². The van der Waals surface area contributed by atoms with Crippen molar-refractivity contribution in [3.63, 3.8) is 0 Å². The number of nitrogens with zero attached hydrogens (tertiary/aromatic N) is 1. The SMILES string of the molecule is CC(=O)Nc1cccc(-c2nc(C)c(CN)s2)c1. The zero-order chi connectivity index (χ0) is 13.1. The van der Waals surface area contributed by atoms with Crippen molar-refractivity contribution in [2.45, 2.75) is 20.4 Å². The molecule has 18 heavy (non-hydrogen) atoms. The second-order valence-corrected chi connectivity index (χ2v) is 5.08. The molecule has 0 atom stereocenters. The summed E-state index contributed by atoms with van der Waals surface area (Å²) in [7, 11) is 0. The quantitative estimate of drug-likeness (QED) is 0.892. The van der Waals surface area contributed by atoms with Crippen LogP contribution in [0.25, 0.3) is 10.6 Å². The van der Waals surface area contributed by atoms with Crippen molar-refractivity contribution < 1.29 is 4.79 Å². The van der Waals surface area contributed by atoms with E-state index in [4.69, 9.17) is 5.73 Å². The lowest BCUT2D eigenvalue weighted by Gasteiger charge is -2.03. The van der Waals surface area contributed by atoms with Gasteiger partial charge in [-0.1, -0.05) is 12.1 Å². The summed E-state index contributed by atoms with van der Waals surface area (Å²) in [6, 6.07) is 7.65. The molecule has 0 aliphatic carbocycles. The summed E-state index contributed by atoms with van der Waals surface area (Å²) in [5.41, 5.74) is 8.40. The van der Waals surface area contributed by atoms with E-state index in [2.05, 4.69) is 10.3 Å². The van der Waals surface area contributed by atoms with Crippen LogP contribution in [0.2, 0.25) is 0 Å². The van der Waals surface area contributed by atoms with Crippen LogP contribution in [-0.4, -0.2) is 10.9 Å². The predicted molar refractivity (Wildman–Crippen MR) is 74.5 cm³/mol. The first-order valence-electron chi connectivity index (χ1n) is 5.64. The van der Waals surface area contributed by atoms with Gasteiger partial charge in [-0.05, 0) is 19.1 Å². The number of benzene rings is 1. The molecule has 2 rings (SSSR count). The number of hydrogen-bond donors (Lipinski definition) is 2. The van der Waals surface area contributed by atoms with Crippen LogP contribution in [0, 0.1) is 6.92 Å². The summed E-state index contributed by atoms with van der Waals surface area (Å²) >= 11 is 1.59. The third kappa shape index (κ3) is 2.75. The highest BCUT2D eigenvalue weighted by Crippen LogP contribution is 2.29. The number of aromatic nitrogens is 1. The van der Waals surface area contributed by atoms with Crippen molar-refractivity contribution in [3.05, 3.63) is 34.8 Å². The molecule has 4 nitrogen and oxygen atoms in total. The minimum absolute atomic E-state index is 0.0786. The highest BCUT2D eigenvalue weighted by molar-refractivity contribution is 7.15.